The van der Waals surface area contributed by atoms with Crippen LogP contribution in [-0.2, 0) is 0 Å². The van der Waals surface area contributed by atoms with E-state index in [1.807, 2.05) is 19.1 Å². The summed E-state index contributed by atoms with van der Waals surface area (Å²) in [6.07, 6.45) is 0. The van der Waals surface area contributed by atoms with Gasteiger partial charge in [0, 0.05) is 6.07 Å². The second-order valence-corrected chi connectivity index (χ2v) is 5.59. The quantitative estimate of drug-likeness (QED) is 0.692. The predicted molar refractivity (Wildman–Crippen MR) is 47.3 cm³/mol. The highest BCUT2D eigenvalue weighted by atomic mass is 127. The Balaban J connectivity index is 2.15. The van der Waals surface area contributed by atoms with Crippen LogP contribution in [0.3, 0.4) is 0 Å². The van der Waals surface area contributed by atoms with E-state index in [9.17, 15) is 0 Å². The molecule has 2 rings (SSSR count). The first kappa shape index (κ1) is 8.81. The summed E-state index contributed by atoms with van der Waals surface area (Å²) in [5.74, 6) is 1.01. The lowest BCUT2D eigenvalue weighted by molar-refractivity contribution is -0.617. The fraction of sp³-hybridized carbons (Fsp3) is 0.0909. The molecule has 66 valence electrons. The maximum atomic E-state index is 5.54. The van der Waals surface area contributed by atoms with Crippen LogP contribution >= 0.6 is 0 Å². The molecule has 0 aliphatic rings. The fourth-order valence-corrected chi connectivity index (χ4v) is 3.25. The van der Waals surface area contributed by atoms with Crippen LogP contribution in [0.4, 0.5) is 0 Å². The first-order chi connectivity index (χ1) is 6.34. The van der Waals surface area contributed by atoms with Crippen LogP contribution in [0.5, 0.6) is 0 Å². The predicted octanol–water partition coefficient (Wildman–Crippen LogP) is -0.284. The topological polar surface area (TPSA) is 13.1 Å². The van der Waals surface area contributed by atoms with Gasteiger partial charge in [-0.15, -0.1) is 0 Å². The number of aryl methyl sites for hydroxylation is 1. The Kier molecular flexibility index (Phi) is 2.68. The zero-order chi connectivity index (χ0) is 9.10. The van der Waals surface area contributed by atoms with Crippen LogP contribution in [0, 0.1) is 14.3 Å². The number of rotatable bonds is 2. The average molecular weight is 285 g/mol. The van der Waals surface area contributed by atoms with E-state index >= 15 is 0 Å². The highest BCUT2D eigenvalue weighted by Crippen LogP contribution is 1.95. The third-order valence-corrected chi connectivity index (χ3v) is 4.10. The molecule has 0 saturated carbocycles. The molecule has 0 bridgehead atoms. The summed E-state index contributed by atoms with van der Waals surface area (Å²) in [4.78, 5) is 0. The van der Waals surface area contributed by atoms with E-state index in [4.69, 9.17) is 4.42 Å². The highest BCUT2D eigenvalue weighted by molar-refractivity contribution is 5.00. The number of furan rings is 1. The minimum absolute atomic E-state index is 0.117. The molecule has 0 atom stereocenters. The van der Waals surface area contributed by atoms with Gasteiger partial charge in [-0.3, -0.25) is 0 Å². The van der Waals surface area contributed by atoms with E-state index in [1.165, 1.54) is 3.57 Å². The molecule has 0 saturated heterocycles. The first-order valence-corrected chi connectivity index (χ1v) is 6.27. The van der Waals surface area contributed by atoms with Gasteiger partial charge in [-0.1, -0.05) is 18.2 Å². The van der Waals surface area contributed by atoms with Gasteiger partial charge in [-0.2, -0.15) is 0 Å². The maximum Gasteiger partial charge on any atom is 0.400 e. The van der Waals surface area contributed by atoms with E-state index in [-0.39, 0.29) is 21.2 Å². The van der Waals surface area contributed by atoms with Crippen molar-refractivity contribution in [3.05, 3.63) is 55.6 Å². The monoisotopic (exact) mass is 285 g/mol. The van der Waals surface area contributed by atoms with Crippen molar-refractivity contribution in [3.63, 3.8) is 0 Å². The van der Waals surface area contributed by atoms with E-state index in [2.05, 4.69) is 30.3 Å². The molecule has 0 spiro atoms. The van der Waals surface area contributed by atoms with Crippen LogP contribution in [-0.4, -0.2) is 0 Å². The van der Waals surface area contributed by atoms with Crippen LogP contribution < -0.4 is 21.2 Å². The van der Waals surface area contributed by atoms with Gasteiger partial charge >= 0.3 is 25.0 Å². The van der Waals surface area contributed by atoms with Gasteiger partial charge in [0.15, 0.2) is 3.57 Å². The molecule has 0 N–H and O–H groups in total. The van der Waals surface area contributed by atoms with Gasteiger partial charge in [0.25, 0.3) is 0 Å². The molecule has 1 nitrogen and oxygen atoms in total. The SMILES string of the molecule is Cc1ccc([I+]c2ccccc2)o1. The van der Waals surface area contributed by atoms with Crippen LogP contribution in [0.2, 0.25) is 0 Å². The Bertz CT molecular complexity index is 378. The number of benzene rings is 1. The van der Waals surface area contributed by atoms with Crippen molar-refractivity contribution in [1.82, 2.24) is 0 Å². The van der Waals surface area contributed by atoms with Gasteiger partial charge in [-0.05, 0) is 25.1 Å². The molecule has 0 unspecified atom stereocenters. The van der Waals surface area contributed by atoms with Crippen molar-refractivity contribution < 1.29 is 25.6 Å². The van der Waals surface area contributed by atoms with Crippen molar-refractivity contribution in [2.75, 3.05) is 0 Å². The van der Waals surface area contributed by atoms with E-state index in [0.29, 0.717) is 0 Å². The Morgan fingerprint density at radius 1 is 1.00 bits per heavy atom. The van der Waals surface area contributed by atoms with Gasteiger partial charge in [0.1, 0.15) is 5.76 Å². The van der Waals surface area contributed by atoms with Crippen molar-refractivity contribution in [1.29, 1.82) is 0 Å². The molecule has 0 amide bonds. The largest absolute Gasteiger partial charge is 0.424 e. The van der Waals surface area contributed by atoms with E-state index in [1.54, 1.807) is 0 Å². The number of hydrogen-bond donors (Lipinski definition) is 0. The van der Waals surface area contributed by atoms with E-state index < -0.39 is 0 Å². The number of hydrogen-bond acceptors (Lipinski definition) is 1. The van der Waals surface area contributed by atoms with E-state index in [0.717, 1.165) is 9.53 Å². The smallest absolute Gasteiger partial charge is 0.400 e. The molecular formula is C11H10IO+. The van der Waals surface area contributed by atoms with Crippen molar-refractivity contribution >= 4 is 0 Å². The Hall–Kier alpha value is -0.770. The molecule has 0 aliphatic carbocycles. The summed E-state index contributed by atoms with van der Waals surface area (Å²) in [6, 6.07) is 14.6. The van der Waals surface area contributed by atoms with Crippen molar-refractivity contribution in [2.45, 2.75) is 6.92 Å². The third-order valence-electron chi connectivity index (χ3n) is 1.64. The third kappa shape index (κ3) is 2.34. The zero-order valence-electron chi connectivity index (χ0n) is 7.33. The van der Waals surface area contributed by atoms with Gasteiger partial charge in [-0.25, -0.2) is 0 Å². The molecule has 0 aliphatic heterocycles. The fourth-order valence-electron chi connectivity index (χ4n) is 1.04. The zero-order valence-corrected chi connectivity index (χ0v) is 9.49. The lowest BCUT2D eigenvalue weighted by Crippen LogP contribution is -3.61. The molecule has 2 aromatic rings. The Morgan fingerprint density at radius 3 is 2.38 bits per heavy atom. The minimum atomic E-state index is -0.117. The second-order valence-electron chi connectivity index (χ2n) is 2.74. The molecule has 2 heteroatoms. The average Bonchev–Trinajstić information content (AvgIpc) is 2.53. The molecule has 13 heavy (non-hydrogen) atoms. The second kappa shape index (κ2) is 3.96. The van der Waals surface area contributed by atoms with Gasteiger partial charge in [0.2, 0.25) is 0 Å². The summed E-state index contributed by atoms with van der Waals surface area (Å²) in [5, 5.41) is 0. The molecule has 1 aromatic heterocycles. The summed E-state index contributed by atoms with van der Waals surface area (Å²) in [7, 11) is 0. The van der Waals surface area contributed by atoms with Gasteiger partial charge < -0.3 is 4.42 Å². The lowest BCUT2D eigenvalue weighted by Gasteiger charge is -1.80. The standard InChI is InChI=1S/C11H10IO/c1-9-7-8-11(13-9)12-10-5-3-2-4-6-10/h2-8H,1H3/q+1. The molecule has 1 heterocycles. The van der Waals surface area contributed by atoms with Gasteiger partial charge in [0.05, 0.1) is 0 Å². The number of halogens is 1. The molecule has 1 aromatic carbocycles. The first-order valence-electron chi connectivity index (χ1n) is 4.11. The summed E-state index contributed by atoms with van der Waals surface area (Å²) in [5.41, 5.74) is 0. The minimum Gasteiger partial charge on any atom is -0.424 e. The molecule has 0 fully saturated rings. The summed E-state index contributed by atoms with van der Waals surface area (Å²) >= 11 is -0.117. The lowest BCUT2D eigenvalue weighted by atomic mass is 10.4. The summed E-state index contributed by atoms with van der Waals surface area (Å²) in [6.45, 7) is 1.98. The molecular weight excluding hydrogens is 275 g/mol. The Labute approximate surface area is 88.0 Å². The van der Waals surface area contributed by atoms with Crippen LogP contribution in [0.15, 0.2) is 46.9 Å². The van der Waals surface area contributed by atoms with Crippen molar-refractivity contribution in [2.24, 2.45) is 0 Å². The molecule has 0 radical (unpaired) electrons. The summed E-state index contributed by atoms with van der Waals surface area (Å²) < 4.78 is 8.08. The van der Waals surface area contributed by atoms with Crippen LogP contribution in [0.25, 0.3) is 0 Å². The van der Waals surface area contributed by atoms with Crippen LogP contribution in [0.1, 0.15) is 5.76 Å². The maximum absolute atomic E-state index is 5.54. The van der Waals surface area contributed by atoms with Crippen molar-refractivity contribution in [3.8, 4) is 0 Å². The normalized spacial score (nSPS) is 10.2. The Morgan fingerprint density at radius 2 is 1.77 bits per heavy atom. The highest BCUT2D eigenvalue weighted by Gasteiger charge is 2.18.